The number of para-hydroxylation sites is 3. The fraction of sp³-hybridized carbons (Fsp3) is 0.259. The van der Waals surface area contributed by atoms with Crippen LogP contribution in [0.1, 0.15) is 23.7 Å². The molecule has 0 saturated carbocycles. The van der Waals surface area contributed by atoms with Crippen LogP contribution in [-0.2, 0) is 11.3 Å². The molecule has 6 heteroatoms. The van der Waals surface area contributed by atoms with E-state index in [1.807, 2.05) is 53.4 Å². The highest BCUT2D eigenvalue weighted by Crippen LogP contribution is 2.34. The molecule has 1 fully saturated rings. The van der Waals surface area contributed by atoms with Crippen LogP contribution in [0.4, 0.5) is 5.69 Å². The Labute approximate surface area is 198 Å². The summed E-state index contributed by atoms with van der Waals surface area (Å²) in [6.45, 7) is 3.91. The number of rotatable bonds is 7. The smallest absolute Gasteiger partial charge is 0.227 e. The highest BCUT2D eigenvalue weighted by atomic mass is 32.2. The van der Waals surface area contributed by atoms with Crippen molar-refractivity contribution in [3.63, 3.8) is 0 Å². The second-order valence-electron chi connectivity index (χ2n) is 8.33. The number of carbonyl (C=O) groups excluding carboxylic acids is 1. The monoisotopic (exact) mass is 457 g/mol. The Morgan fingerprint density at radius 3 is 2.73 bits per heavy atom. The first-order valence-electron chi connectivity index (χ1n) is 11.2. The number of aryl methyl sites for hydroxylation is 1. The number of hydrogen-bond donors (Lipinski definition) is 0. The van der Waals surface area contributed by atoms with Gasteiger partial charge in [0, 0.05) is 29.5 Å². The number of fused-ring (bicyclic) bond motifs is 1. The van der Waals surface area contributed by atoms with Crippen molar-refractivity contribution < 1.29 is 9.53 Å². The van der Waals surface area contributed by atoms with Crippen molar-refractivity contribution in [2.24, 2.45) is 0 Å². The molecular weight excluding hydrogens is 430 g/mol. The number of amides is 1. The van der Waals surface area contributed by atoms with Gasteiger partial charge in [0.05, 0.1) is 17.6 Å². The van der Waals surface area contributed by atoms with E-state index in [0.717, 1.165) is 38.8 Å². The van der Waals surface area contributed by atoms with Crippen molar-refractivity contribution in [3.05, 3.63) is 84.2 Å². The number of imidazole rings is 1. The van der Waals surface area contributed by atoms with E-state index in [2.05, 4.69) is 42.0 Å². The van der Waals surface area contributed by atoms with Crippen molar-refractivity contribution in [1.82, 2.24) is 9.55 Å². The maximum absolute atomic E-state index is 13.0. The van der Waals surface area contributed by atoms with E-state index < -0.39 is 0 Å². The number of carbonyl (C=O) groups is 1. The molecule has 0 aliphatic carbocycles. The molecule has 0 N–H and O–H groups in total. The summed E-state index contributed by atoms with van der Waals surface area (Å²) in [5.74, 6) is 2.05. The third-order valence-corrected chi connectivity index (χ3v) is 6.93. The van der Waals surface area contributed by atoms with E-state index in [9.17, 15) is 4.79 Å². The van der Waals surface area contributed by atoms with Crippen LogP contribution < -0.4 is 9.64 Å². The van der Waals surface area contributed by atoms with Gasteiger partial charge in [-0.2, -0.15) is 0 Å². The Morgan fingerprint density at radius 1 is 1.06 bits per heavy atom. The highest BCUT2D eigenvalue weighted by molar-refractivity contribution is 7.98. The number of nitrogens with zero attached hydrogens (tertiary/aromatic N) is 3. The predicted octanol–water partition coefficient (Wildman–Crippen LogP) is 5.67. The topological polar surface area (TPSA) is 47.4 Å². The first-order chi connectivity index (χ1) is 16.1. The normalized spacial score (nSPS) is 16.0. The zero-order valence-corrected chi connectivity index (χ0v) is 19.7. The Hall–Kier alpha value is -3.25. The lowest BCUT2D eigenvalue weighted by atomic mass is 10.1. The Morgan fingerprint density at radius 2 is 1.88 bits per heavy atom. The number of benzene rings is 3. The molecule has 0 unspecified atom stereocenters. The van der Waals surface area contributed by atoms with Gasteiger partial charge in [0.15, 0.2) is 0 Å². The molecule has 1 amide bonds. The summed E-state index contributed by atoms with van der Waals surface area (Å²) in [6, 6.07) is 24.4. The summed E-state index contributed by atoms with van der Waals surface area (Å²) in [6.07, 6.45) is 2.51. The lowest BCUT2D eigenvalue weighted by molar-refractivity contribution is -0.117. The molecule has 5 rings (SSSR count). The molecule has 1 saturated heterocycles. The minimum atomic E-state index is 0.0429. The third-order valence-electron chi connectivity index (χ3n) is 6.21. The molecule has 33 heavy (non-hydrogen) atoms. The van der Waals surface area contributed by atoms with Gasteiger partial charge in [-0.25, -0.2) is 4.98 Å². The molecule has 4 aromatic rings. The SMILES string of the molecule is CSc1cccc(N2C[C@@H](c3nc4ccccc4n3CCOc3ccccc3C)CC2=O)c1. The fourth-order valence-electron chi connectivity index (χ4n) is 4.51. The van der Waals surface area contributed by atoms with Gasteiger partial charge in [-0.15, -0.1) is 11.8 Å². The number of aromatic nitrogens is 2. The average Bonchev–Trinajstić information content (AvgIpc) is 3.41. The summed E-state index contributed by atoms with van der Waals surface area (Å²) < 4.78 is 8.32. The summed E-state index contributed by atoms with van der Waals surface area (Å²) in [5, 5.41) is 0. The van der Waals surface area contributed by atoms with Gasteiger partial charge in [-0.3, -0.25) is 4.79 Å². The summed E-state index contributed by atoms with van der Waals surface area (Å²) in [5.41, 5.74) is 4.12. The van der Waals surface area contributed by atoms with Gasteiger partial charge in [-0.05, 0) is 55.1 Å². The van der Waals surface area contributed by atoms with Crippen LogP contribution >= 0.6 is 11.8 Å². The van der Waals surface area contributed by atoms with Crippen LogP contribution in [0, 0.1) is 6.92 Å². The van der Waals surface area contributed by atoms with Gasteiger partial charge in [-0.1, -0.05) is 36.4 Å². The van der Waals surface area contributed by atoms with E-state index >= 15 is 0 Å². The number of ether oxygens (including phenoxy) is 1. The maximum atomic E-state index is 13.0. The number of hydrogen-bond acceptors (Lipinski definition) is 4. The van der Waals surface area contributed by atoms with Gasteiger partial charge in [0.1, 0.15) is 18.2 Å². The number of anilines is 1. The quantitative estimate of drug-likeness (QED) is 0.336. The molecular formula is C27H27N3O2S. The van der Waals surface area contributed by atoms with E-state index in [-0.39, 0.29) is 11.8 Å². The minimum Gasteiger partial charge on any atom is -0.491 e. The molecule has 1 atom stereocenters. The second kappa shape index (κ2) is 9.32. The molecule has 0 bridgehead atoms. The Bertz CT molecular complexity index is 1300. The molecule has 1 aromatic heterocycles. The largest absolute Gasteiger partial charge is 0.491 e. The first kappa shape index (κ1) is 21.6. The Balaban J connectivity index is 1.41. The average molecular weight is 458 g/mol. The molecule has 5 nitrogen and oxygen atoms in total. The van der Waals surface area contributed by atoms with Crippen LogP contribution in [0.3, 0.4) is 0 Å². The molecule has 1 aliphatic rings. The van der Waals surface area contributed by atoms with Gasteiger partial charge in [0.2, 0.25) is 5.91 Å². The summed E-state index contributed by atoms with van der Waals surface area (Å²) in [4.78, 5) is 21.0. The molecule has 3 aromatic carbocycles. The van der Waals surface area contributed by atoms with Crippen LogP contribution in [0.5, 0.6) is 5.75 Å². The van der Waals surface area contributed by atoms with Crippen LogP contribution in [-0.4, -0.2) is 34.9 Å². The van der Waals surface area contributed by atoms with Crippen LogP contribution in [0.25, 0.3) is 11.0 Å². The third kappa shape index (κ3) is 4.35. The fourth-order valence-corrected chi connectivity index (χ4v) is 4.97. The van der Waals surface area contributed by atoms with Crippen molar-refractivity contribution >= 4 is 34.4 Å². The zero-order valence-electron chi connectivity index (χ0n) is 18.9. The molecule has 1 aliphatic heterocycles. The highest BCUT2D eigenvalue weighted by Gasteiger charge is 2.34. The van der Waals surface area contributed by atoms with E-state index in [0.29, 0.717) is 26.1 Å². The number of thioether (sulfide) groups is 1. The van der Waals surface area contributed by atoms with Crippen LogP contribution in [0.2, 0.25) is 0 Å². The molecule has 2 heterocycles. The van der Waals surface area contributed by atoms with E-state index in [1.54, 1.807) is 11.8 Å². The van der Waals surface area contributed by atoms with Crippen molar-refractivity contribution in [3.8, 4) is 5.75 Å². The Kier molecular flexibility index (Phi) is 6.09. The van der Waals surface area contributed by atoms with Gasteiger partial charge in [0.25, 0.3) is 0 Å². The predicted molar refractivity (Wildman–Crippen MR) is 134 cm³/mol. The molecule has 0 spiro atoms. The molecule has 168 valence electrons. The first-order valence-corrected chi connectivity index (χ1v) is 12.4. The van der Waals surface area contributed by atoms with E-state index in [1.165, 1.54) is 0 Å². The summed E-state index contributed by atoms with van der Waals surface area (Å²) >= 11 is 1.69. The van der Waals surface area contributed by atoms with Crippen LogP contribution in [0.15, 0.2) is 77.7 Å². The van der Waals surface area contributed by atoms with Crippen molar-refractivity contribution in [2.75, 3.05) is 24.3 Å². The lowest BCUT2D eigenvalue weighted by Gasteiger charge is -2.18. The van der Waals surface area contributed by atoms with Gasteiger partial charge < -0.3 is 14.2 Å². The van der Waals surface area contributed by atoms with Crippen molar-refractivity contribution in [2.45, 2.75) is 30.7 Å². The second-order valence-corrected chi connectivity index (χ2v) is 9.21. The molecule has 0 radical (unpaired) electrons. The minimum absolute atomic E-state index is 0.0429. The zero-order chi connectivity index (χ0) is 22.8. The summed E-state index contributed by atoms with van der Waals surface area (Å²) in [7, 11) is 0. The van der Waals surface area contributed by atoms with E-state index in [4.69, 9.17) is 9.72 Å². The van der Waals surface area contributed by atoms with Crippen molar-refractivity contribution in [1.29, 1.82) is 0 Å². The van der Waals surface area contributed by atoms with Gasteiger partial charge >= 0.3 is 0 Å². The standard InChI is InChI=1S/C27H27N3O2S/c1-19-8-3-6-13-25(19)32-15-14-29-24-12-5-4-11-23(24)28-27(29)20-16-26(31)30(18-20)21-9-7-10-22(17-21)33-2/h3-13,17,20H,14-16,18H2,1-2H3/t20-/m0/s1. The lowest BCUT2D eigenvalue weighted by Crippen LogP contribution is -2.24. The maximum Gasteiger partial charge on any atom is 0.227 e.